The number of aliphatic hydroxyl groups is 1. The van der Waals surface area contributed by atoms with Gasteiger partial charge >= 0.3 is 0 Å². The third-order valence-corrected chi connectivity index (χ3v) is 3.82. The quantitative estimate of drug-likeness (QED) is 0.581. The number of hydrogen-bond donors (Lipinski definition) is 2. The van der Waals surface area contributed by atoms with Crippen molar-refractivity contribution in [2.24, 2.45) is 5.92 Å². The summed E-state index contributed by atoms with van der Waals surface area (Å²) in [5.74, 6) is 0.492. The van der Waals surface area contributed by atoms with Crippen molar-refractivity contribution in [1.82, 2.24) is 4.72 Å². The Morgan fingerprint density at radius 1 is 1.31 bits per heavy atom. The van der Waals surface area contributed by atoms with Gasteiger partial charge in [0, 0.05) is 19.8 Å². The van der Waals surface area contributed by atoms with Gasteiger partial charge in [-0.2, -0.15) is 0 Å². The van der Waals surface area contributed by atoms with E-state index in [2.05, 4.69) is 18.6 Å². The van der Waals surface area contributed by atoms with Crippen LogP contribution in [0.1, 0.15) is 27.2 Å². The Morgan fingerprint density at radius 3 is 2.44 bits per heavy atom. The number of nitrogens with one attached hydrogen (secondary N) is 1. The lowest BCUT2D eigenvalue weighted by atomic mass is 10.2. The molecule has 0 aromatic carbocycles. The van der Waals surface area contributed by atoms with Gasteiger partial charge in [-0.1, -0.05) is 13.8 Å². The summed E-state index contributed by atoms with van der Waals surface area (Å²) in [6, 6.07) is 0. The lowest BCUT2D eigenvalue weighted by molar-refractivity contribution is 0.108. The van der Waals surface area contributed by atoms with Gasteiger partial charge in [0.25, 0.3) is 0 Å². The first-order chi connectivity index (χ1) is 7.40. The highest BCUT2D eigenvalue weighted by Gasteiger charge is 2.18. The lowest BCUT2D eigenvalue weighted by Crippen LogP contribution is -2.35. The molecule has 98 valence electrons. The van der Waals surface area contributed by atoms with Crippen LogP contribution in [0.25, 0.3) is 0 Å². The molecule has 16 heavy (non-hydrogen) atoms. The van der Waals surface area contributed by atoms with Crippen molar-refractivity contribution in [3.8, 4) is 0 Å². The van der Waals surface area contributed by atoms with Gasteiger partial charge in [0.15, 0.2) is 0 Å². The molecule has 1 unspecified atom stereocenters. The zero-order valence-electron chi connectivity index (χ0n) is 10.3. The minimum Gasteiger partial charge on any atom is -0.395 e. The second-order valence-corrected chi connectivity index (χ2v) is 6.44. The fraction of sp³-hybridized carbons (Fsp3) is 1.00. The van der Waals surface area contributed by atoms with Gasteiger partial charge in [-0.05, 0) is 19.3 Å². The number of hydrogen-bond acceptors (Lipinski definition) is 4. The third kappa shape index (κ3) is 7.16. The minimum atomic E-state index is -3.37. The largest absolute Gasteiger partial charge is 0.395 e. The van der Waals surface area contributed by atoms with Gasteiger partial charge in [-0.25, -0.2) is 13.1 Å². The van der Waals surface area contributed by atoms with E-state index in [4.69, 9.17) is 9.84 Å². The summed E-state index contributed by atoms with van der Waals surface area (Å²) in [5, 5.41) is 7.97. The molecular formula is C10H23NO4S. The van der Waals surface area contributed by atoms with Crippen molar-refractivity contribution in [3.05, 3.63) is 0 Å². The van der Waals surface area contributed by atoms with E-state index in [-0.39, 0.29) is 6.61 Å². The van der Waals surface area contributed by atoms with Crippen LogP contribution in [-0.4, -0.2) is 45.1 Å². The van der Waals surface area contributed by atoms with Crippen molar-refractivity contribution in [3.63, 3.8) is 0 Å². The zero-order chi connectivity index (χ0) is 12.6. The zero-order valence-corrected chi connectivity index (χ0v) is 11.1. The van der Waals surface area contributed by atoms with Gasteiger partial charge in [-0.3, -0.25) is 0 Å². The molecule has 0 radical (unpaired) electrons. The lowest BCUT2D eigenvalue weighted by Gasteiger charge is -2.11. The first-order valence-electron chi connectivity index (χ1n) is 5.57. The molecule has 0 heterocycles. The maximum atomic E-state index is 11.4. The van der Waals surface area contributed by atoms with Gasteiger partial charge in [0.2, 0.25) is 10.0 Å². The Hall–Kier alpha value is -0.170. The van der Waals surface area contributed by atoms with Gasteiger partial charge < -0.3 is 9.84 Å². The number of rotatable bonds is 9. The Morgan fingerprint density at radius 2 is 1.94 bits per heavy atom. The van der Waals surface area contributed by atoms with Crippen molar-refractivity contribution < 1.29 is 18.3 Å². The van der Waals surface area contributed by atoms with Crippen LogP contribution in [0.4, 0.5) is 0 Å². The van der Waals surface area contributed by atoms with Crippen LogP contribution in [-0.2, 0) is 14.8 Å². The molecule has 0 amide bonds. The van der Waals surface area contributed by atoms with E-state index in [1.165, 1.54) is 6.92 Å². The Labute approximate surface area is 98.2 Å². The van der Waals surface area contributed by atoms with E-state index in [0.29, 0.717) is 32.1 Å². The van der Waals surface area contributed by atoms with Gasteiger partial charge in [0.05, 0.1) is 11.9 Å². The van der Waals surface area contributed by atoms with E-state index in [0.717, 1.165) is 0 Å². The molecule has 1 atom stereocenters. The molecule has 5 nitrogen and oxygen atoms in total. The van der Waals surface area contributed by atoms with E-state index < -0.39 is 15.3 Å². The van der Waals surface area contributed by atoms with Crippen molar-refractivity contribution in [2.45, 2.75) is 32.4 Å². The van der Waals surface area contributed by atoms with Crippen molar-refractivity contribution in [2.75, 3.05) is 26.4 Å². The van der Waals surface area contributed by atoms with Crippen molar-refractivity contribution in [1.29, 1.82) is 0 Å². The highest BCUT2D eigenvalue weighted by molar-refractivity contribution is 7.90. The molecule has 0 rings (SSSR count). The van der Waals surface area contributed by atoms with Crippen LogP contribution in [0.3, 0.4) is 0 Å². The molecule has 0 aromatic rings. The average molecular weight is 253 g/mol. The summed E-state index contributed by atoms with van der Waals surface area (Å²) in [6.07, 6.45) is 0.643. The molecule has 0 aliphatic rings. The van der Waals surface area contributed by atoms with Crippen molar-refractivity contribution >= 4 is 10.0 Å². The van der Waals surface area contributed by atoms with Gasteiger partial charge in [-0.15, -0.1) is 0 Å². The molecule has 0 bridgehead atoms. The number of aliphatic hydroxyl groups excluding tert-OH is 1. The van der Waals surface area contributed by atoms with Crippen LogP contribution in [0.5, 0.6) is 0 Å². The average Bonchev–Trinajstić information content (AvgIpc) is 2.21. The van der Waals surface area contributed by atoms with Crippen LogP contribution >= 0.6 is 0 Å². The Bertz CT molecular complexity index is 264. The summed E-state index contributed by atoms with van der Waals surface area (Å²) in [7, 11) is -3.37. The Balaban J connectivity index is 3.59. The van der Waals surface area contributed by atoms with Gasteiger partial charge in [0.1, 0.15) is 0 Å². The van der Waals surface area contributed by atoms with Crippen LogP contribution < -0.4 is 4.72 Å². The molecule has 6 heteroatoms. The summed E-state index contributed by atoms with van der Waals surface area (Å²) in [6.45, 7) is 6.83. The second kappa shape index (κ2) is 8.00. The molecule has 0 saturated heterocycles. The molecule has 0 saturated carbocycles. The number of sulfonamides is 1. The second-order valence-electron chi connectivity index (χ2n) is 4.25. The van der Waals surface area contributed by atoms with E-state index in [1.807, 2.05) is 0 Å². The number of ether oxygens (including phenoxy) is 1. The first-order valence-corrected chi connectivity index (χ1v) is 7.12. The topological polar surface area (TPSA) is 75.6 Å². The molecular weight excluding hydrogens is 230 g/mol. The normalized spacial score (nSPS) is 14.3. The summed E-state index contributed by atoms with van der Waals surface area (Å²) in [5.41, 5.74) is 0. The van der Waals surface area contributed by atoms with E-state index in [9.17, 15) is 8.42 Å². The Kier molecular flexibility index (Phi) is 7.91. The van der Waals surface area contributed by atoms with Crippen LogP contribution in [0.15, 0.2) is 0 Å². The SMILES string of the molecule is CC(C)COCCCNS(=O)(=O)C(C)CO. The monoisotopic (exact) mass is 253 g/mol. The maximum Gasteiger partial charge on any atom is 0.216 e. The molecule has 0 aliphatic heterocycles. The van der Waals surface area contributed by atoms with Crippen LogP contribution in [0, 0.1) is 5.92 Å². The molecule has 0 fully saturated rings. The predicted molar refractivity (Wildman–Crippen MR) is 63.7 cm³/mol. The highest BCUT2D eigenvalue weighted by atomic mass is 32.2. The predicted octanol–water partition coefficient (Wildman–Crippen LogP) is 0.349. The fourth-order valence-electron chi connectivity index (χ4n) is 0.948. The van der Waals surface area contributed by atoms with E-state index in [1.54, 1.807) is 0 Å². The molecule has 0 spiro atoms. The molecule has 0 aromatic heterocycles. The maximum absolute atomic E-state index is 11.4. The summed E-state index contributed by atoms with van der Waals surface area (Å²) >= 11 is 0. The third-order valence-electron chi connectivity index (χ3n) is 2.01. The highest BCUT2D eigenvalue weighted by Crippen LogP contribution is 1.97. The molecule has 0 aliphatic carbocycles. The summed E-state index contributed by atoms with van der Waals surface area (Å²) < 4.78 is 30.5. The van der Waals surface area contributed by atoms with Crippen LogP contribution in [0.2, 0.25) is 0 Å². The fourth-order valence-corrected chi connectivity index (χ4v) is 1.86. The molecule has 2 N–H and O–H groups in total. The first kappa shape index (κ1) is 15.8. The smallest absolute Gasteiger partial charge is 0.216 e. The van der Waals surface area contributed by atoms with E-state index >= 15 is 0 Å². The summed E-state index contributed by atoms with van der Waals surface area (Å²) in [4.78, 5) is 0. The standard InChI is InChI=1S/C10H23NO4S/c1-9(2)8-15-6-4-5-11-16(13,14)10(3)7-12/h9-12H,4-8H2,1-3H3. The minimum absolute atomic E-state index is 0.352.